The Morgan fingerprint density at radius 2 is 1.85 bits per heavy atom. The fraction of sp³-hybridized carbons (Fsp3) is 0.350. The quantitative estimate of drug-likeness (QED) is 0.874. The van der Waals surface area contributed by atoms with Gasteiger partial charge in [0.2, 0.25) is 0 Å². The molecule has 0 spiro atoms. The zero-order valence-electron chi connectivity index (χ0n) is 15.1. The highest BCUT2D eigenvalue weighted by molar-refractivity contribution is 5.91. The number of benzene rings is 2. The van der Waals surface area contributed by atoms with Gasteiger partial charge in [0.05, 0.1) is 26.2 Å². The fourth-order valence-corrected chi connectivity index (χ4v) is 3.32. The lowest BCUT2D eigenvalue weighted by molar-refractivity contribution is -0.892. The van der Waals surface area contributed by atoms with Crippen LogP contribution in [-0.4, -0.2) is 38.6 Å². The van der Waals surface area contributed by atoms with Gasteiger partial charge in [-0.15, -0.1) is 0 Å². The highest BCUT2D eigenvalue weighted by Crippen LogP contribution is 2.22. The Bertz CT molecular complexity index is 802. The number of piperazine rings is 1. The van der Waals surface area contributed by atoms with Crippen molar-refractivity contribution in [2.24, 2.45) is 0 Å². The summed E-state index contributed by atoms with van der Waals surface area (Å²) in [5.41, 5.74) is 4.12. The number of hydrogen-bond acceptors (Lipinski definition) is 2. The van der Waals surface area contributed by atoms with Gasteiger partial charge in [-0.1, -0.05) is 12.1 Å². The third-order valence-corrected chi connectivity index (χ3v) is 5.00. The molecular formula is C20H24F2N3O+. The molecule has 0 unspecified atom stereocenters. The predicted molar refractivity (Wildman–Crippen MR) is 98.7 cm³/mol. The van der Waals surface area contributed by atoms with Crippen LogP contribution in [0.5, 0.6) is 0 Å². The second kappa shape index (κ2) is 7.83. The Hall–Kier alpha value is -2.47. The molecule has 0 saturated carbocycles. The van der Waals surface area contributed by atoms with E-state index in [2.05, 4.69) is 42.3 Å². The highest BCUT2D eigenvalue weighted by atomic mass is 19.2. The standard InChI is InChI=1S/C20H23F2N3O/c1-14-4-3-5-19(15(14)2)25-10-8-24(9-11-25)13-20(26)23-16-6-7-17(21)18(22)12-16/h3-7,12H,8-11,13H2,1-2H3,(H,23,26)/p+1. The maximum atomic E-state index is 13.2. The molecule has 3 rings (SSSR count). The second-order valence-electron chi connectivity index (χ2n) is 6.81. The van der Waals surface area contributed by atoms with Crippen molar-refractivity contribution in [3.05, 3.63) is 59.2 Å². The molecule has 1 saturated heterocycles. The van der Waals surface area contributed by atoms with Gasteiger partial charge in [-0.25, -0.2) is 8.78 Å². The summed E-state index contributed by atoms with van der Waals surface area (Å²) in [4.78, 5) is 15.7. The molecule has 26 heavy (non-hydrogen) atoms. The number of carbonyl (C=O) groups excluding carboxylic acids is 1. The van der Waals surface area contributed by atoms with E-state index >= 15 is 0 Å². The minimum absolute atomic E-state index is 0.189. The van der Waals surface area contributed by atoms with Crippen molar-refractivity contribution >= 4 is 17.3 Å². The van der Waals surface area contributed by atoms with Crippen molar-refractivity contribution in [1.82, 2.24) is 0 Å². The van der Waals surface area contributed by atoms with Crippen LogP contribution in [-0.2, 0) is 4.79 Å². The van der Waals surface area contributed by atoms with Crippen molar-refractivity contribution in [1.29, 1.82) is 0 Å². The van der Waals surface area contributed by atoms with Gasteiger partial charge in [-0.2, -0.15) is 0 Å². The summed E-state index contributed by atoms with van der Waals surface area (Å²) >= 11 is 0. The summed E-state index contributed by atoms with van der Waals surface area (Å²) in [7, 11) is 0. The van der Waals surface area contributed by atoms with Gasteiger partial charge in [0.25, 0.3) is 5.91 Å². The number of halogens is 2. The number of nitrogens with one attached hydrogen (secondary N) is 2. The fourth-order valence-electron chi connectivity index (χ4n) is 3.32. The minimum atomic E-state index is -0.961. The SMILES string of the molecule is Cc1cccc(N2CC[NH+](CC(=O)Nc3ccc(F)c(F)c3)CC2)c1C. The lowest BCUT2D eigenvalue weighted by Gasteiger charge is -2.34. The predicted octanol–water partition coefficient (Wildman–Crippen LogP) is 1.93. The Balaban J connectivity index is 1.52. The first-order valence-corrected chi connectivity index (χ1v) is 8.83. The molecule has 2 N–H and O–H groups in total. The second-order valence-corrected chi connectivity index (χ2v) is 6.81. The molecule has 0 aromatic heterocycles. The van der Waals surface area contributed by atoms with Gasteiger partial charge in [0.1, 0.15) is 0 Å². The zero-order chi connectivity index (χ0) is 18.7. The first-order chi connectivity index (χ1) is 12.4. The lowest BCUT2D eigenvalue weighted by Crippen LogP contribution is -3.15. The van der Waals surface area contributed by atoms with E-state index in [1.807, 2.05) is 0 Å². The molecule has 0 atom stereocenters. The molecule has 0 aliphatic carbocycles. The largest absolute Gasteiger partial charge is 0.360 e. The topological polar surface area (TPSA) is 36.8 Å². The molecule has 1 amide bonds. The Kier molecular flexibility index (Phi) is 5.52. The van der Waals surface area contributed by atoms with Gasteiger partial charge in [-0.05, 0) is 43.2 Å². The summed E-state index contributed by atoms with van der Waals surface area (Å²) in [6.07, 6.45) is 0. The van der Waals surface area contributed by atoms with Gasteiger partial charge in [0, 0.05) is 17.4 Å². The molecule has 1 fully saturated rings. The van der Waals surface area contributed by atoms with E-state index in [9.17, 15) is 13.6 Å². The van der Waals surface area contributed by atoms with Crippen LogP contribution in [0.4, 0.5) is 20.2 Å². The van der Waals surface area contributed by atoms with Crippen molar-refractivity contribution in [3.63, 3.8) is 0 Å². The van der Waals surface area contributed by atoms with Crippen LogP contribution in [0.25, 0.3) is 0 Å². The van der Waals surface area contributed by atoms with Crippen LogP contribution in [0.15, 0.2) is 36.4 Å². The molecule has 2 aromatic carbocycles. The minimum Gasteiger partial charge on any atom is -0.360 e. The van der Waals surface area contributed by atoms with Crippen molar-refractivity contribution in [3.8, 4) is 0 Å². The van der Waals surface area contributed by atoms with Crippen LogP contribution in [0.1, 0.15) is 11.1 Å². The highest BCUT2D eigenvalue weighted by Gasteiger charge is 2.23. The first-order valence-electron chi connectivity index (χ1n) is 8.83. The molecule has 0 radical (unpaired) electrons. The Morgan fingerprint density at radius 1 is 1.12 bits per heavy atom. The number of aryl methyl sites for hydroxylation is 1. The molecule has 1 aliphatic heterocycles. The van der Waals surface area contributed by atoms with Crippen molar-refractivity contribution in [2.75, 3.05) is 42.9 Å². The van der Waals surface area contributed by atoms with Crippen LogP contribution in [0.2, 0.25) is 0 Å². The number of quaternary nitrogens is 1. The van der Waals surface area contributed by atoms with Crippen LogP contribution in [0, 0.1) is 25.5 Å². The summed E-state index contributed by atoms with van der Waals surface area (Å²) in [6, 6.07) is 9.71. The third kappa shape index (κ3) is 4.19. The van der Waals surface area contributed by atoms with E-state index in [-0.39, 0.29) is 11.6 Å². The van der Waals surface area contributed by atoms with Crippen molar-refractivity contribution in [2.45, 2.75) is 13.8 Å². The number of carbonyl (C=O) groups is 1. The zero-order valence-corrected chi connectivity index (χ0v) is 15.1. The summed E-state index contributed by atoms with van der Waals surface area (Å²) in [6.45, 7) is 8.06. The molecule has 0 bridgehead atoms. The normalized spacial score (nSPS) is 15.2. The van der Waals surface area contributed by atoms with E-state index in [0.29, 0.717) is 6.54 Å². The molecule has 4 nitrogen and oxygen atoms in total. The van der Waals surface area contributed by atoms with E-state index in [1.54, 1.807) is 0 Å². The third-order valence-electron chi connectivity index (χ3n) is 5.00. The Morgan fingerprint density at radius 3 is 2.54 bits per heavy atom. The number of amides is 1. The van der Waals surface area contributed by atoms with Gasteiger partial charge in [-0.3, -0.25) is 4.79 Å². The first kappa shape index (κ1) is 18.3. The molecular weight excluding hydrogens is 336 g/mol. The van der Waals surface area contributed by atoms with Gasteiger partial charge < -0.3 is 15.1 Å². The lowest BCUT2D eigenvalue weighted by atomic mass is 10.1. The number of rotatable bonds is 4. The van der Waals surface area contributed by atoms with Gasteiger partial charge in [0.15, 0.2) is 18.2 Å². The van der Waals surface area contributed by atoms with E-state index < -0.39 is 11.6 Å². The number of anilines is 2. The van der Waals surface area contributed by atoms with E-state index in [0.717, 1.165) is 38.3 Å². The van der Waals surface area contributed by atoms with Crippen LogP contribution < -0.4 is 15.1 Å². The number of hydrogen-bond donors (Lipinski definition) is 2. The molecule has 138 valence electrons. The smallest absolute Gasteiger partial charge is 0.279 e. The molecule has 1 heterocycles. The van der Waals surface area contributed by atoms with Crippen LogP contribution in [0.3, 0.4) is 0 Å². The van der Waals surface area contributed by atoms with E-state index in [1.165, 1.54) is 27.8 Å². The van der Waals surface area contributed by atoms with Gasteiger partial charge >= 0.3 is 0 Å². The molecule has 6 heteroatoms. The monoisotopic (exact) mass is 360 g/mol. The summed E-state index contributed by atoms with van der Waals surface area (Å²) in [5.74, 6) is -2.07. The number of nitrogens with zero attached hydrogens (tertiary/aromatic N) is 1. The van der Waals surface area contributed by atoms with E-state index in [4.69, 9.17) is 0 Å². The molecule has 2 aromatic rings. The Labute approximate surface area is 152 Å². The average Bonchev–Trinajstić information content (AvgIpc) is 2.61. The summed E-state index contributed by atoms with van der Waals surface area (Å²) in [5, 5.41) is 2.64. The average molecular weight is 360 g/mol. The maximum Gasteiger partial charge on any atom is 0.279 e. The maximum absolute atomic E-state index is 13.2. The van der Waals surface area contributed by atoms with Crippen LogP contribution >= 0.6 is 0 Å². The summed E-state index contributed by atoms with van der Waals surface area (Å²) < 4.78 is 26.2. The van der Waals surface area contributed by atoms with Crippen molar-refractivity contribution < 1.29 is 18.5 Å². The molecule has 1 aliphatic rings.